The molecule has 1 heterocycles. The molecule has 0 aliphatic heterocycles. The summed E-state index contributed by atoms with van der Waals surface area (Å²) in [6, 6.07) is 57.2. The number of anilines is 3. The Morgan fingerprint density at radius 1 is 0.479 bits per heavy atom. The molecule has 1 fully saturated rings. The lowest BCUT2D eigenvalue weighted by atomic mass is 9.83. The molecule has 0 N–H and O–H groups in total. The first-order valence-corrected chi connectivity index (χ1v) is 17.3. The van der Waals surface area contributed by atoms with E-state index < -0.39 is 0 Å². The Morgan fingerprint density at radius 2 is 1.12 bits per heavy atom. The molecule has 8 aromatic rings. The van der Waals surface area contributed by atoms with Crippen molar-refractivity contribution in [3.8, 4) is 22.3 Å². The fourth-order valence-electron chi connectivity index (χ4n) is 7.81. The Hall–Kier alpha value is -5.60. The van der Waals surface area contributed by atoms with E-state index >= 15 is 0 Å². The summed E-state index contributed by atoms with van der Waals surface area (Å²) in [5.41, 5.74) is 11.5. The SMILES string of the molecule is c1cc(-c2ccc(N(c3ccc(-c4cccc5c4oc4ccccc45)cc3)c3cccc4ccccc34)cc2)cc(C2CCCCC2)c1. The Bertz CT molecular complexity index is 2370. The van der Waals surface area contributed by atoms with Crippen LogP contribution in [-0.2, 0) is 0 Å². The van der Waals surface area contributed by atoms with Crippen LogP contribution in [0.15, 0.2) is 162 Å². The van der Waals surface area contributed by atoms with Crippen molar-refractivity contribution >= 4 is 49.8 Å². The quantitative estimate of drug-likeness (QED) is 0.184. The fraction of sp³-hybridized carbons (Fsp3) is 0.130. The summed E-state index contributed by atoms with van der Waals surface area (Å²) in [7, 11) is 0. The van der Waals surface area contributed by atoms with E-state index in [1.54, 1.807) is 0 Å². The molecule has 232 valence electrons. The number of furan rings is 1. The highest BCUT2D eigenvalue weighted by atomic mass is 16.3. The first-order chi connectivity index (χ1) is 23.8. The number of hydrogen-bond donors (Lipinski definition) is 0. The van der Waals surface area contributed by atoms with Crippen LogP contribution in [0, 0.1) is 0 Å². The molecule has 0 saturated heterocycles. The van der Waals surface area contributed by atoms with E-state index in [-0.39, 0.29) is 0 Å². The highest BCUT2D eigenvalue weighted by molar-refractivity contribution is 6.09. The Labute approximate surface area is 281 Å². The molecule has 1 aromatic heterocycles. The maximum Gasteiger partial charge on any atom is 0.143 e. The van der Waals surface area contributed by atoms with E-state index in [0.29, 0.717) is 5.92 Å². The first kappa shape index (κ1) is 28.6. The Balaban J connectivity index is 1.11. The summed E-state index contributed by atoms with van der Waals surface area (Å²) >= 11 is 0. The molecule has 7 aromatic carbocycles. The standard InChI is InChI=1S/C46H37NO/c1-2-11-32(12-3-1)36-15-8-16-37(31-36)33-23-27-38(28-24-33)47(44-21-9-14-34-13-4-5-17-40(34)44)39-29-25-35(26-30-39)41-19-10-20-43-42-18-6-7-22-45(42)48-46(41)43/h4-10,13-32H,1-3,11-12H2. The maximum atomic E-state index is 6.38. The molecule has 9 rings (SSSR count). The average Bonchev–Trinajstić information content (AvgIpc) is 3.55. The smallest absolute Gasteiger partial charge is 0.143 e. The predicted molar refractivity (Wildman–Crippen MR) is 203 cm³/mol. The molecule has 0 amide bonds. The second-order valence-electron chi connectivity index (χ2n) is 13.2. The second kappa shape index (κ2) is 12.2. The molecule has 1 aliphatic carbocycles. The topological polar surface area (TPSA) is 16.4 Å². The first-order valence-electron chi connectivity index (χ1n) is 17.3. The minimum absolute atomic E-state index is 0.696. The van der Waals surface area contributed by atoms with Gasteiger partial charge in [-0.15, -0.1) is 0 Å². The van der Waals surface area contributed by atoms with Crippen molar-refractivity contribution in [3.05, 3.63) is 163 Å². The van der Waals surface area contributed by atoms with Crippen LogP contribution in [0.3, 0.4) is 0 Å². The molecule has 0 bridgehead atoms. The summed E-state index contributed by atoms with van der Waals surface area (Å²) in [5.74, 6) is 0.696. The van der Waals surface area contributed by atoms with Crippen molar-refractivity contribution in [2.45, 2.75) is 38.0 Å². The van der Waals surface area contributed by atoms with E-state index in [1.165, 1.54) is 59.6 Å². The minimum Gasteiger partial charge on any atom is -0.455 e. The van der Waals surface area contributed by atoms with E-state index in [0.717, 1.165) is 50.1 Å². The summed E-state index contributed by atoms with van der Waals surface area (Å²) in [5, 5.41) is 4.75. The van der Waals surface area contributed by atoms with Crippen molar-refractivity contribution in [2.75, 3.05) is 4.90 Å². The lowest BCUT2D eigenvalue weighted by molar-refractivity contribution is 0.444. The summed E-state index contributed by atoms with van der Waals surface area (Å²) in [6.07, 6.45) is 6.71. The number of fused-ring (bicyclic) bond motifs is 4. The van der Waals surface area contributed by atoms with Gasteiger partial charge in [-0.3, -0.25) is 0 Å². The number of nitrogens with zero attached hydrogens (tertiary/aromatic N) is 1. The van der Waals surface area contributed by atoms with E-state index in [4.69, 9.17) is 4.42 Å². The third-order valence-electron chi connectivity index (χ3n) is 10.3. The number of rotatable bonds is 6. The van der Waals surface area contributed by atoms with E-state index in [1.807, 2.05) is 12.1 Å². The van der Waals surface area contributed by atoms with Gasteiger partial charge in [-0.05, 0) is 82.8 Å². The summed E-state index contributed by atoms with van der Waals surface area (Å²) in [4.78, 5) is 2.39. The van der Waals surface area contributed by atoms with Crippen LogP contribution in [-0.4, -0.2) is 0 Å². The van der Waals surface area contributed by atoms with Crippen LogP contribution in [0.5, 0.6) is 0 Å². The highest BCUT2D eigenvalue weighted by Gasteiger charge is 2.18. The molecule has 0 spiro atoms. The van der Waals surface area contributed by atoms with Gasteiger partial charge in [0.25, 0.3) is 0 Å². The van der Waals surface area contributed by atoms with Gasteiger partial charge in [0.15, 0.2) is 0 Å². The highest BCUT2D eigenvalue weighted by Crippen LogP contribution is 2.42. The number of hydrogen-bond acceptors (Lipinski definition) is 2. The van der Waals surface area contributed by atoms with Gasteiger partial charge in [-0.2, -0.15) is 0 Å². The van der Waals surface area contributed by atoms with Gasteiger partial charge in [0.2, 0.25) is 0 Å². The van der Waals surface area contributed by atoms with Crippen LogP contribution in [0.4, 0.5) is 17.1 Å². The zero-order chi connectivity index (χ0) is 31.9. The van der Waals surface area contributed by atoms with Gasteiger partial charge in [0.05, 0.1) is 5.69 Å². The molecule has 2 nitrogen and oxygen atoms in total. The van der Waals surface area contributed by atoms with Gasteiger partial charge >= 0.3 is 0 Å². The monoisotopic (exact) mass is 619 g/mol. The second-order valence-corrected chi connectivity index (χ2v) is 13.2. The predicted octanol–water partition coefficient (Wildman–Crippen LogP) is 13.6. The summed E-state index contributed by atoms with van der Waals surface area (Å²) in [6.45, 7) is 0. The molecular weight excluding hydrogens is 583 g/mol. The molecule has 1 saturated carbocycles. The van der Waals surface area contributed by atoms with Crippen molar-refractivity contribution in [1.29, 1.82) is 0 Å². The van der Waals surface area contributed by atoms with Gasteiger partial charge < -0.3 is 9.32 Å². The van der Waals surface area contributed by atoms with Crippen LogP contribution >= 0.6 is 0 Å². The Kier molecular flexibility index (Phi) is 7.28. The minimum atomic E-state index is 0.696. The average molecular weight is 620 g/mol. The fourth-order valence-corrected chi connectivity index (χ4v) is 7.81. The van der Waals surface area contributed by atoms with Crippen molar-refractivity contribution < 1.29 is 4.42 Å². The molecule has 0 unspecified atom stereocenters. The summed E-state index contributed by atoms with van der Waals surface area (Å²) < 4.78 is 6.38. The third-order valence-corrected chi connectivity index (χ3v) is 10.3. The van der Waals surface area contributed by atoms with Crippen LogP contribution < -0.4 is 4.90 Å². The Morgan fingerprint density at radius 3 is 1.94 bits per heavy atom. The van der Waals surface area contributed by atoms with Gasteiger partial charge in [-0.25, -0.2) is 0 Å². The normalized spacial score (nSPS) is 13.8. The van der Waals surface area contributed by atoms with Crippen molar-refractivity contribution in [3.63, 3.8) is 0 Å². The van der Waals surface area contributed by atoms with Gasteiger partial charge in [0.1, 0.15) is 11.2 Å². The third kappa shape index (κ3) is 5.15. The van der Waals surface area contributed by atoms with Crippen LogP contribution in [0.2, 0.25) is 0 Å². The molecule has 1 aliphatic rings. The zero-order valence-corrected chi connectivity index (χ0v) is 27.0. The van der Waals surface area contributed by atoms with Crippen molar-refractivity contribution in [1.82, 2.24) is 0 Å². The molecule has 48 heavy (non-hydrogen) atoms. The molecule has 0 radical (unpaired) electrons. The van der Waals surface area contributed by atoms with E-state index in [2.05, 4.69) is 150 Å². The lowest BCUT2D eigenvalue weighted by Gasteiger charge is -2.27. The van der Waals surface area contributed by atoms with Crippen LogP contribution in [0.25, 0.3) is 55.0 Å². The van der Waals surface area contributed by atoms with Crippen molar-refractivity contribution in [2.24, 2.45) is 0 Å². The van der Waals surface area contributed by atoms with E-state index in [9.17, 15) is 0 Å². The lowest BCUT2D eigenvalue weighted by Crippen LogP contribution is -2.10. The largest absolute Gasteiger partial charge is 0.455 e. The van der Waals surface area contributed by atoms with Gasteiger partial charge in [-0.1, -0.05) is 141 Å². The molecule has 2 heteroatoms. The molecular formula is C46H37NO. The molecule has 0 atom stereocenters. The zero-order valence-electron chi connectivity index (χ0n) is 27.0. The number of para-hydroxylation sites is 2. The number of benzene rings is 7. The van der Waals surface area contributed by atoms with Crippen LogP contribution in [0.1, 0.15) is 43.6 Å². The maximum absolute atomic E-state index is 6.38. The van der Waals surface area contributed by atoms with Gasteiger partial charge in [0, 0.05) is 33.1 Å².